The second-order valence-electron chi connectivity index (χ2n) is 5.78. The van der Waals surface area contributed by atoms with E-state index in [4.69, 9.17) is 0 Å². The maximum Gasteiger partial charge on any atom is 0.124 e. The zero-order valence-electron chi connectivity index (χ0n) is 12.5. The van der Waals surface area contributed by atoms with Gasteiger partial charge < -0.3 is 4.90 Å². The topological polar surface area (TPSA) is 16.1 Å². The maximum absolute atomic E-state index is 14.0. The highest BCUT2D eigenvalue weighted by Crippen LogP contribution is 2.48. The Balaban J connectivity index is 2.36. The molecule has 1 atom stereocenters. The lowest BCUT2D eigenvalue weighted by atomic mass is 9.91. The lowest BCUT2D eigenvalue weighted by Gasteiger charge is -2.35. The van der Waals surface area contributed by atoms with Crippen molar-refractivity contribution in [1.29, 1.82) is 0 Å². The number of halogens is 1. The Morgan fingerprint density at radius 1 is 1.35 bits per heavy atom. The van der Waals surface area contributed by atoms with Crippen molar-refractivity contribution >= 4 is 17.0 Å². The normalized spacial score (nSPS) is 17.4. The van der Waals surface area contributed by atoms with Crippen molar-refractivity contribution in [3.63, 3.8) is 0 Å². The molecule has 3 rings (SSSR count). The number of benzene rings is 1. The monoisotopic (exact) mass is 290 g/mol. The molecule has 4 heteroatoms. The summed E-state index contributed by atoms with van der Waals surface area (Å²) in [5, 5.41) is 1.04. The van der Waals surface area contributed by atoms with Crippen LogP contribution in [0.3, 0.4) is 0 Å². The molecule has 0 spiro atoms. The summed E-state index contributed by atoms with van der Waals surface area (Å²) < 4.78 is 14.0. The van der Waals surface area contributed by atoms with Gasteiger partial charge in [-0.2, -0.15) is 0 Å². The average molecular weight is 290 g/mol. The standard InChI is InChI=1S/C16H19FN2S/c1-8(2)12-6-11(17)7-13-14-16(20-10(4)18-14)9(3)19(5)15(12)13/h6-9H,1-5H3. The number of nitrogens with zero attached hydrogens (tertiary/aromatic N) is 2. The third-order valence-electron chi connectivity index (χ3n) is 4.05. The zero-order valence-corrected chi connectivity index (χ0v) is 13.3. The minimum absolute atomic E-state index is 0.174. The molecule has 2 heterocycles. The second kappa shape index (κ2) is 4.55. The molecule has 0 saturated carbocycles. The molecule has 106 valence electrons. The molecule has 0 bridgehead atoms. The number of anilines is 1. The first-order chi connectivity index (χ1) is 9.40. The van der Waals surface area contributed by atoms with E-state index >= 15 is 0 Å². The molecule has 1 aromatic carbocycles. The largest absolute Gasteiger partial charge is 0.366 e. The molecule has 0 saturated heterocycles. The van der Waals surface area contributed by atoms with Crippen LogP contribution in [0.1, 0.15) is 48.2 Å². The van der Waals surface area contributed by atoms with E-state index in [2.05, 4.69) is 37.7 Å². The first-order valence-electron chi connectivity index (χ1n) is 6.94. The fraction of sp³-hybridized carbons (Fsp3) is 0.438. The fourth-order valence-corrected chi connectivity index (χ4v) is 3.96. The molecule has 0 aliphatic carbocycles. The van der Waals surface area contributed by atoms with Crippen LogP contribution in [-0.2, 0) is 0 Å². The molecule has 0 N–H and O–H groups in total. The lowest BCUT2D eigenvalue weighted by Crippen LogP contribution is -2.27. The summed E-state index contributed by atoms with van der Waals surface area (Å²) in [5.74, 6) is 0.113. The van der Waals surface area contributed by atoms with Crippen LogP contribution in [0.25, 0.3) is 11.3 Å². The Labute approximate surface area is 123 Å². The number of aromatic nitrogens is 1. The number of rotatable bonds is 1. The Hall–Kier alpha value is -1.42. The zero-order chi connectivity index (χ0) is 14.6. The van der Waals surface area contributed by atoms with Crippen LogP contribution in [0.15, 0.2) is 12.1 Å². The van der Waals surface area contributed by atoms with Gasteiger partial charge in [0.15, 0.2) is 0 Å². The van der Waals surface area contributed by atoms with Crippen molar-refractivity contribution in [1.82, 2.24) is 4.98 Å². The van der Waals surface area contributed by atoms with E-state index in [1.165, 1.54) is 4.88 Å². The van der Waals surface area contributed by atoms with Crippen LogP contribution in [0.5, 0.6) is 0 Å². The van der Waals surface area contributed by atoms with Gasteiger partial charge in [0, 0.05) is 12.6 Å². The highest BCUT2D eigenvalue weighted by atomic mass is 32.1. The number of hydrogen-bond donors (Lipinski definition) is 0. The van der Waals surface area contributed by atoms with Gasteiger partial charge in [-0.25, -0.2) is 9.37 Å². The summed E-state index contributed by atoms with van der Waals surface area (Å²) in [7, 11) is 2.09. The predicted octanol–water partition coefficient (Wildman–Crippen LogP) is 4.89. The number of thiazole rings is 1. The molecule has 20 heavy (non-hydrogen) atoms. The van der Waals surface area contributed by atoms with Crippen LogP contribution in [0, 0.1) is 12.7 Å². The number of aryl methyl sites for hydroxylation is 1. The molecule has 1 aromatic heterocycles. The first-order valence-corrected chi connectivity index (χ1v) is 7.75. The highest BCUT2D eigenvalue weighted by Gasteiger charge is 2.31. The van der Waals surface area contributed by atoms with E-state index in [0.29, 0.717) is 0 Å². The predicted molar refractivity (Wildman–Crippen MR) is 83.2 cm³/mol. The van der Waals surface area contributed by atoms with Crippen molar-refractivity contribution in [2.45, 2.75) is 39.7 Å². The van der Waals surface area contributed by atoms with Gasteiger partial charge >= 0.3 is 0 Å². The van der Waals surface area contributed by atoms with Gasteiger partial charge in [-0.05, 0) is 37.5 Å². The Bertz CT molecular complexity index is 675. The second-order valence-corrected chi connectivity index (χ2v) is 7.01. The van der Waals surface area contributed by atoms with E-state index in [9.17, 15) is 4.39 Å². The number of hydrogen-bond acceptors (Lipinski definition) is 3. The van der Waals surface area contributed by atoms with Crippen LogP contribution < -0.4 is 4.90 Å². The van der Waals surface area contributed by atoms with Gasteiger partial charge in [0.05, 0.1) is 27.3 Å². The van der Waals surface area contributed by atoms with Crippen molar-refractivity contribution in [2.24, 2.45) is 0 Å². The molecule has 0 amide bonds. The van der Waals surface area contributed by atoms with Gasteiger partial charge in [0.1, 0.15) is 5.82 Å². The smallest absolute Gasteiger partial charge is 0.124 e. The van der Waals surface area contributed by atoms with Crippen molar-refractivity contribution < 1.29 is 4.39 Å². The van der Waals surface area contributed by atoms with Crippen molar-refractivity contribution in [3.8, 4) is 11.3 Å². The van der Waals surface area contributed by atoms with E-state index in [0.717, 1.165) is 27.5 Å². The van der Waals surface area contributed by atoms with Gasteiger partial charge in [-0.3, -0.25) is 0 Å². The van der Waals surface area contributed by atoms with E-state index in [-0.39, 0.29) is 17.8 Å². The lowest BCUT2D eigenvalue weighted by molar-refractivity contribution is 0.621. The molecule has 0 radical (unpaired) electrons. The molecule has 1 aliphatic heterocycles. The molecular weight excluding hydrogens is 271 g/mol. The van der Waals surface area contributed by atoms with Crippen LogP contribution in [-0.4, -0.2) is 12.0 Å². The van der Waals surface area contributed by atoms with Crippen molar-refractivity contribution in [2.75, 3.05) is 11.9 Å². The summed E-state index contributed by atoms with van der Waals surface area (Å²) in [6.45, 7) is 8.41. The van der Waals surface area contributed by atoms with Crippen LogP contribution >= 0.6 is 11.3 Å². The molecule has 1 aliphatic rings. The third-order valence-corrected chi connectivity index (χ3v) is 5.20. The Kier molecular flexibility index (Phi) is 3.09. The molecule has 1 unspecified atom stereocenters. The summed E-state index contributed by atoms with van der Waals surface area (Å²) in [6.07, 6.45) is 0. The SMILES string of the molecule is Cc1nc2c(s1)C(C)N(C)c1c-2cc(F)cc1C(C)C. The quantitative estimate of drug-likeness (QED) is 0.743. The molecule has 2 nitrogen and oxygen atoms in total. The maximum atomic E-state index is 14.0. The summed E-state index contributed by atoms with van der Waals surface area (Å²) in [4.78, 5) is 8.13. The van der Waals surface area contributed by atoms with E-state index < -0.39 is 0 Å². The molecule has 2 aromatic rings. The summed E-state index contributed by atoms with van der Waals surface area (Å²) in [6, 6.07) is 3.57. The summed E-state index contributed by atoms with van der Waals surface area (Å²) >= 11 is 1.71. The average Bonchev–Trinajstić information content (AvgIpc) is 2.77. The fourth-order valence-electron chi connectivity index (χ4n) is 2.92. The van der Waals surface area contributed by atoms with Crippen LogP contribution in [0.2, 0.25) is 0 Å². The minimum Gasteiger partial charge on any atom is -0.366 e. The van der Waals surface area contributed by atoms with E-state index in [1.54, 1.807) is 23.5 Å². The highest BCUT2D eigenvalue weighted by molar-refractivity contribution is 7.12. The number of fused-ring (bicyclic) bond motifs is 3. The van der Waals surface area contributed by atoms with Gasteiger partial charge in [-0.15, -0.1) is 11.3 Å². The molecule has 0 fully saturated rings. The molecular formula is C16H19FN2S. The van der Waals surface area contributed by atoms with Gasteiger partial charge in [0.25, 0.3) is 0 Å². The first kappa shape index (κ1) is 13.6. The van der Waals surface area contributed by atoms with Gasteiger partial charge in [0.2, 0.25) is 0 Å². The van der Waals surface area contributed by atoms with E-state index in [1.807, 2.05) is 6.92 Å². The Morgan fingerprint density at radius 2 is 2.05 bits per heavy atom. The minimum atomic E-state index is -0.174. The van der Waals surface area contributed by atoms with Crippen molar-refractivity contribution in [3.05, 3.63) is 33.4 Å². The Morgan fingerprint density at radius 3 is 2.70 bits per heavy atom. The third kappa shape index (κ3) is 1.85. The van der Waals surface area contributed by atoms with Crippen LogP contribution in [0.4, 0.5) is 10.1 Å². The van der Waals surface area contributed by atoms with Gasteiger partial charge in [-0.1, -0.05) is 13.8 Å². The summed E-state index contributed by atoms with van der Waals surface area (Å²) in [5.41, 5.74) is 4.10.